The minimum Gasteiger partial charge on any atom is -0.310 e. The van der Waals surface area contributed by atoms with Crippen molar-refractivity contribution in [2.75, 3.05) is 4.90 Å². The lowest BCUT2D eigenvalue weighted by molar-refractivity contribution is 0.660. The van der Waals surface area contributed by atoms with Crippen molar-refractivity contribution in [2.45, 2.75) is 19.3 Å². The summed E-state index contributed by atoms with van der Waals surface area (Å²) < 4.78 is 2.47. The summed E-state index contributed by atoms with van der Waals surface area (Å²) in [7, 11) is 0. The van der Waals surface area contributed by atoms with E-state index in [0.29, 0.717) is 0 Å². The van der Waals surface area contributed by atoms with Gasteiger partial charge < -0.3 is 9.47 Å². The van der Waals surface area contributed by atoms with Gasteiger partial charge in [-0.2, -0.15) is 0 Å². The van der Waals surface area contributed by atoms with Crippen LogP contribution >= 0.6 is 0 Å². The molecular weight excluding hydrogens is 689 g/mol. The molecule has 1 aliphatic carbocycles. The summed E-state index contributed by atoms with van der Waals surface area (Å²) in [6, 6.07) is 75.6. The fraction of sp³-hybridized carbons (Fsp3) is 0.0545. The van der Waals surface area contributed by atoms with Crippen molar-refractivity contribution in [1.29, 1.82) is 0 Å². The normalized spacial score (nSPS) is 12.9. The molecule has 0 N–H and O–H groups in total. The predicted molar refractivity (Wildman–Crippen MR) is 241 cm³/mol. The van der Waals surface area contributed by atoms with Gasteiger partial charge in [0.15, 0.2) is 0 Å². The van der Waals surface area contributed by atoms with Crippen LogP contribution in [0.4, 0.5) is 17.1 Å². The van der Waals surface area contributed by atoms with Crippen LogP contribution in [-0.4, -0.2) is 4.57 Å². The maximum Gasteiger partial charge on any atom is 0.0625 e. The lowest BCUT2D eigenvalue weighted by Crippen LogP contribution is -2.16. The molecule has 0 saturated carbocycles. The van der Waals surface area contributed by atoms with Crippen molar-refractivity contribution in [3.63, 3.8) is 0 Å². The molecule has 1 aliphatic rings. The standard InChI is InChI=1S/C55H40N2/c1-55(2)50-25-15-14-24-46(50)47-33-31-44(36-51(47)55)56(41-19-8-4-9-20-41)43-29-26-38(27-30-43)49-34-40-18-12-13-23-45(40)54-53(49)48-32-28-39(37-16-6-3-7-17-37)35-52(48)57(54)42-21-10-5-11-22-42/h3-36H,1-2H3. The fourth-order valence-corrected chi connectivity index (χ4v) is 9.41. The summed E-state index contributed by atoms with van der Waals surface area (Å²) >= 11 is 0. The molecule has 0 spiro atoms. The third-order valence-electron chi connectivity index (χ3n) is 12.2. The molecule has 9 aromatic carbocycles. The lowest BCUT2D eigenvalue weighted by atomic mass is 9.82. The fourth-order valence-electron chi connectivity index (χ4n) is 9.41. The Balaban J connectivity index is 1.11. The Labute approximate surface area is 333 Å². The number of aromatic nitrogens is 1. The molecular formula is C55H40N2. The highest BCUT2D eigenvalue weighted by Crippen LogP contribution is 2.51. The first-order chi connectivity index (χ1) is 28.0. The zero-order valence-electron chi connectivity index (χ0n) is 32.0. The third-order valence-corrected chi connectivity index (χ3v) is 12.2. The Bertz CT molecular complexity index is 3120. The first kappa shape index (κ1) is 33.2. The number of rotatable bonds is 6. The van der Waals surface area contributed by atoms with E-state index in [9.17, 15) is 0 Å². The number of benzene rings is 9. The molecule has 0 radical (unpaired) electrons. The summed E-state index contributed by atoms with van der Waals surface area (Å²) in [6.07, 6.45) is 0. The number of fused-ring (bicyclic) bond motifs is 8. The number of anilines is 3. The highest BCUT2D eigenvalue weighted by Gasteiger charge is 2.35. The molecule has 0 unspecified atom stereocenters. The highest BCUT2D eigenvalue weighted by atomic mass is 15.1. The van der Waals surface area contributed by atoms with E-state index in [1.165, 1.54) is 77.1 Å². The zero-order chi connectivity index (χ0) is 38.1. The molecule has 270 valence electrons. The van der Waals surface area contributed by atoms with Gasteiger partial charge in [-0.1, -0.05) is 159 Å². The van der Waals surface area contributed by atoms with Gasteiger partial charge in [0, 0.05) is 44.3 Å². The molecule has 0 saturated heterocycles. The van der Waals surface area contributed by atoms with Gasteiger partial charge in [0.2, 0.25) is 0 Å². The SMILES string of the molecule is CC1(C)c2ccccc2-c2ccc(N(c3ccccc3)c3ccc(-c4cc5ccccc5c5c4c4ccc(-c6ccccc6)cc4n5-c4ccccc4)cc3)cc21. The molecule has 1 aromatic heterocycles. The van der Waals surface area contributed by atoms with E-state index in [4.69, 9.17) is 0 Å². The average molecular weight is 729 g/mol. The van der Waals surface area contributed by atoms with Crippen molar-refractivity contribution >= 4 is 49.6 Å². The molecule has 10 aromatic rings. The second-order valence-corrected chi connectivity index (χ2v) is 15.8. The van der Waals surface area contributed by atoms with E-state index in [1.54, 1.807) is 0 Å². The Kier molecular flexibility index (Phi) is 7.55. The predicted octanol–water partition coefficient (Wildman–Crippen LogP) is 15.0. The minimum atomic E-state index is -0.0869. The van der Waals surface area contributed by atoms with Crippen molar-refractivity contribution in [2.24, 2.45) is 0 Å². The van der Waals surface area contributed by atoms with Gasteiger partial charge in [0.1, 0.15) is 0 Å². The second-order valence-electron chi connectivity index (χ2n) is 15.8. The van der Waals surface area contributed by atoms with Gasteiger partial charge in [-0.05, 0) is 111 Å². The van der Waals surface area contributed by atoms with E-state index >= 15 is 0 Å². The largest absolute Gasteiger partial charge is 0.310 e. The van der Waals surface area contributed by atoms with E-state index < -0.39 is 0 Å². The summed E-state index contributed by atoms with van der Waals surface area (Å²) in [4.78, 5) is 2.39. The number of hydrogen-bond donors (Lipinski definition) is 0. The molecule has 2 nitrogen and oxygen atoms in total. The van der Waals surface area contributed by atoms with E-state index in [-0.39, 0.29) is 5.41 Å². The van der Waals surface area contributed by atoms with Gasteiger partial charge in [0.25, 0.3) is 0 Å². The van der Waals surface area contributed by atoms with E-state index in [0.717, 1.165) is 22.7 Å². The minimum absolute atomic E-state index is 0.0869. The maximum atomic E-state index is 2.47. The van der Waals surface area contributed by atoms with Crippen molar-refractivity contribution in [3.05, 3.63) is 217 Å². The molecule has 1 heterocycles. The Morgan fingerprint density at radius 1 is 0.404 bits per heavy atom. The van der Waals surface area contributed by atoms with Crippen LogP contribution in [0.2, 0.25) is 0 Å². The summed E-state index contributed by atoms with van der Waals surface area (Å²) in [6.45, 7) is 4.70. The van der Waals surface area contributed by atoms with Crippen LogP contribution in [0.5, 0.6) is 0 Å². The van der Waals surface area contributed by atoms with Crippen molar-refractivity contribution in [3.8, 4) is 39.1 Å². The van der Waals surface area contributed by atoms with E-state index in [1.807, 2.05) is 0 Å². The number of nitrogens with zero attached hydrogens (tertiary/aromatic N) is 2. The third kappa shape index (κ3) is 5.25. The Morgan fingerprint density at radius 3 is 1.81 bits per heavy atom. The average Bonchev–Trinajstić information content (AvgIpc) is 3.73. The van der Waals surface area contributed by atoms with Gasteiger partial charge in [-0.25, -0.2) is 0 Å². The first-order valence-corrected chi connectivity index (χ1v) is 19.9. The number of para-hydroxylation sites is 2. The first-order valence-electron chi connectivity index (χ1n) is 19.9. The molecule has 57 heavy (non-hydrogen) atoms. The summed E-state index contributed by atoms with van der Waals surface area (Å²) in [5.41, 5.74) is 17.1. The Hall–Kier alpha value is -7.16. The van der Waals surface area contributed by atoms with Crippen molar-refractivity contribution < 1.29 is 0 Å². The molecule has 0 atom stereocenters. The topological polar surface area (TPSA) is 8.17 Å². The summed E-state index contributed by atoms with van der Waals surface area (Å²) in [5, 5.41) is 4.97. The molecule has 11 rings (SSSR count). The van der Waals surface area contributed by atoms with Crippen LogP contribution in [-0.2, 0) is 5.41 Å². The van der Waals surface area contributed by atoms with Gasteiger partial charge in [-0.3, -0.25) is 0 Å². The van der Waals surface area contributed by atoms with Gasteiger partial charge >= 0.3 is 0 Å². The van der Waals surface area contributed by atoms with Gasteiger partial charge in [0.05, 0.1) is 11.0 Å². The molecule has 2 heteroatoms. The summed E-state index contributed by atoms with van der Waals surface area (Å²) in [5.74, 6) is 0. The van der Waals surface area contributed by atoms with Crippen LogP contribution in [0.1, 0.15) is 25.0 Å². The second kappa shape index (κ2) is 13.0. The Morgan fingerprint density at radius 2 is 1.02 bits per heavy atom. The molecule has 0 amide bonds. The zero-order valence-corrected chi connectivity index (χ0v) is 32.0. The quantitative estimate of drug-likeness (QED) is 0.165. The van der Waals surface area contributed by atoms with Crippen LogP contribution in [0.3, 0.4) is 0 Å². The molecule has 0 aliphatic heterocycles. The molecule has 0 fully saturated rings. The van der Waals surface area contributed by atoms with Crippen LogP contribution in [0, 0.1) is 0 Å². The highest BCUT2D eigenvalue weighted by molar-refractivity contribution is 6.24. The van der Waals surface area contributed by atoms with E-state index in [2.05, 4.69) is 230 Å². The number of hydrogen-bond acceptors (Lipinski definition) is 1. The lowest BCUT2D eigenvalue weighted by Gasteiger charge is -2.28. The van der Waals surface area contributed by atoms with Gasteiger partial charge in [-0.15, -0.1) is 0 Å². The monoisotopic (exact) mass is 728 g/mol. The van der Waals surface area contributed by atoms with Crippen LogP contribution in [0.25, 0.3) is 71.6 Å². The van der Waals surface area contributed by atoms with Crippen molar-refractivity contribution in [1.82, 2.24) is 4.57 Å². The smallest absolute Gasteiger partial charge is 0.0625 e. The molecule has 0 bridgehead atoms. The van der Waals surface area contributed by atoms with Crippen LogP contribution in [0.15, 0.2) is 206 Å². The van der Waals surface area contributed by atoms with Crippen LogP contribution < -0.4 is 4.90 Å². The maximum absolute atomic E-state index is 2.47.